The quantitative estimate of drug-likeness (QED) is 0.884. The van der Waals surface area contributed by atoms with E-state index in [-0.39, 0.29) is 16.2 Å². The Morgan fingerprint density at radius 2 is 1.91 bits per heavy atom. The van der Waals surface area contributed by atoms with Crippen molar-refractivity contribution < 1.29 is 13.2 Å². The predicted octanol–water partition coefficient (Wildman–Crippen LogP) is 0.762. The van der Waals surface area contributed by atoms with Gasteiger partial charge in [-0.1, -0.05) is 0 Å². The monoisotopic (exact) mass is 337 g/mol. The van der Waals surface area contributed by atoms with Gasteiger partial charge in [-0.2, -0.15) is 0 Å². The molecule has 1 N–H and O–H groups in total. The zero-order valence-corrected chi connectivity index (χ0v) is 14.4. The molecule has 23 heavy (non-hydrogen) atoms. The summed E-state index contributed by atoms with van der Waals surface area (Å²) in [6, 6.07) is 6.23. The van der Waals surface area contributed by atoms with Gasteiger partial charge in [0.1, 0.15) is 0 Å². The molecule has 1 aromatic carbocycles. The average Bonchev–Trinajstić information content (AvgIpc) is 3.17. The van der Waals surface area contributed by atoms with Gasteiger partial charge in [-0.05, 0) is 43.7 Å². The van der Waals surface area contributed by atoms with E-state index in [4.69, 9.17) is 0 Å². The number of sulfonamides is 1. The number of hydrogen-bond acceptors (Lipinski definition) is 4. The highest BCUT2D eigenvalue weighted by Crippen LogP contribution is 2.36. The number of nitrogens with one attached hydrogen (secondary N) is 1. The molecular formula is C16H23N3O3S. The lowest BCUT2D eigenvalue weighted by atomic mass is 9.86. The van der Waals surface area contributed by atoms with Gasteiger partial charge in [0.15, 0.2) is 0 Å². The van der Waals surface area contributed by atoms with Crippen LogP contribution in [0.1, 0.15) is 23.2 Å². The van der Waals surface area contributed by atoms with E-state index in [1.54, 1.807) is 12.1 Å². The third-order valence-electron chi connectivity index (χ3n) is 4.94. The van der Waals surface area contributed by atoms with Gasteiger partial charge in [0.05, 0.1) is 4.90 Å². The fraction of sp³-hybridized carbons (Fsp3) is 0.562. The molecule has 126 valence electrons. The van der Waals surface area contributed by atoms with Gasteiger partial charge >= 0.3 is 0 Å². The number of carbonyl (C=O) groups is 1. The van der Waals surface area contributed by atoms with Crippen LogP contribution >= 0.6 is 0 Å². The summed E-state index contributed by atoms with van der Waals surface area (Å²) in [6.45, 7) is 3.57. The number of benzene rings is 1. The minimum Gasteiger partial charge on any atom is -0.338 e. The van der Waals surface area contributed by atoms with Crippen molar-refractivity contribution in [3.8, 4) is 0 Å². The first-order valence-electron chi connectivity index (χ1n) is 7.87. The van der Waals surface area contributed by atoms with Crippen molar-refractivity contribution in [2.45, 2.75) is 17.7 Å². The Bertz CT molecular complexity index is 692. The highest BCUT2D eigenvalue weighted by Gasteiger charge is 2.41. The van der Waals surface area contributed by atoms with Crippen molar-refractivity contribution in [1.82, 2.24) is 14.5 Å². The zero-order chi connectivity index (χ0) is 16.7. The molecule has 0 saturated carbocycles. The molecule has 2 fully saturated rings. The first-order chi connectivity index (χ1) is 10.8. The van der Waals surface area contributed by atoms with E-state index in [0.29, 0.717) is 5.56 Å². The number of nitrogens with zero attached hydrogens (tertiary/aromatic N) is 2. The van der Waals surface area contributed by atoms with Crippen LogP contribution in [0.4, 0.5) is 0 Å². The lowest BCUT2D eigenvalue weighted by molar-refractivity contribution is 0.0775. The van der Waals surface area contributed by atoms with Crippen LogP contribution in [-0.2, 0) is 10.0 Å². The van der Waals surface area contributed by atoms with Crippen LogP contribution in [0.25, 0.3) is 0 Å². The summed E-state index contributed by atoms with van der Waals surface area (Å²) in [4.78, 5) is 14.7. The number of amides is 1. The van der Waals surface area contributed by atoms with Gasteiger partial charge in [0, 0.05) is 44.7 Å². The smallest absolute Gasteiger partial charge is 0.253 e. The van der Waals surface area contributed by atoms with Crippen LogP contribution in [0.3, 0.4) is 0 Å². The lowest BCUT2D eigenvalue weighted by Gasteiger charge is -2.23. The van der Waals surface area contributed by atoms with E-state index in [1.165, 1.54) is 30.5 Å². The number of carbonyl (C=O) groups excluding carboxylic acids is 1. The summed E-state index contributed by atoms with van der Waals surface area (Å²) in [7, 11) is -0.469. The Balaban J connectivity index is 1.74. The van der Waals surface area contributed by atoms with E-state index in [2.05, 4.69) is 5.32 Å². The number of likely N-dealkylation sites (tertiary alicyclic amines) is 1. The molecule has 2 aliphatic heterocycles. The highest BCUT2D eigenvalue weighted by atomic mass is 32.2. The second kappa shape index (κ2) is 5.89. The molecule has 0 aromatic heterocycles. The van der Waals surface area contributed by atoms with Gasteiger partial charge in [-0.15, -0.1) is 0 Å². The maximum Gasteiger partial charge on any atom is 0.253 e. The minimum absolute atomic E-state index is 0.0115. The maximum atomic E-state index is 12.6. The molecule has 3 rings (SSSR count). The summed E-state index contributed by atoms with van der Waals surface area (Å²) < 4.78 is 25.3. The third-order valence-corrected chi connectivity index (χ3v) is 6.77. The van der Waals surface area contributed by atoms with Crippen LogP contribution in [0.5, 0.6) is 0 Å². The first kappa shape index (κ1) is 16.4. The standard InChI is InChI=1S/C16H23N3O3S/c1-18(2)23(21,22)14-5-3-13(4-6-14)15(20)19-10-8-16(12-19)7-9-17-11-16/h3-6,17H,7-12H2,1-2H3. The molecule has 6 nitrogen and oxygen atoms in total. The Labute approximate surface area is 137 Å². The van der Waals surface area contributed by atoms with Gasteiger partial charge in [0.25, 0.3) is 5.91 Å². The second-order valence-corrected chi connectivity index (χ2v) is 8.87. The van der Waals surface area contributed by atoms with E-state index >= 15 is 0 Å². The van der Waals surface area contributed by atoms with Crippen molar-refractivity contribution in [3.05, 3.63) is 29.8 Å². The maximum absolute atomic E-state index is 12.6. The van der Waals surface area contributed by atoms with Crippen molar-refractivity contribution in [3.63, 3.8) is 0 Å². The molecule has 0 aliphatic carbocycles. The van der Waals surface area contributed by atoms with Crippen molar-refractivity contribution in [2.24, 2.45) is 5.41 Å². The minimum atomic E-state index is -3.46. The van der Waals surface area contributed by atoms with Crippen LogP contribution in [-0.4, -0.2) is 63.8 Å². The molecule has 2 aliphatic rings. The average molecular weight is 337 g/mol. The number of hydrogen-bond donors (Lipinski definition) is 1. The topological polar surface area (TPSA) is 69.7 Å². The van der Waals surface area contributed by atoms with Gasteiger partial charge in [0.2, 0.25) is 10.0 Å². The predicted molar refractivity (Wildman–Crippen MR) is 87.8 cm³/mol. The van der Waals surface area contributed by atoms with Gasteiger partial charge < -0.3 is 10.2 Å². The Kier molecular flexibility index (Phi) is 4.20. The summed E-state index contributed by atoms with van der Waals surface area (Å²) >= 11 is 0. The second-order valence-electron chi connectivity index (χ2n) is 6.72. The van der Waals surface area contributed by atoms with Crippen molar-refractivity contribution in [1.29, 1.82) is 0 Å². The Morgan fingerprint density at radius 3 is 2.48 bits per heavy atom. The molecular weight excluding hydrogens is 314 g/mol. The van der Waals surface area contributed by atoms with E-state index in [9.17, 15) is 13.2 Å². The van der Waals surface area contributed by atoms with Crippen LogP contribution in [0.2, 0.25) is 0 Å². The van der Waals surface area contributed by atoms with Crippen molar-refractivity contribution in [2.75, 3.05) is 40.3 Å². The normalized spacial score (nSPS) is 24.7. The molecule has 1 unspecified atom stereocenters. The highest BCUT2D eigenvalue weighted by molar-refractivity contribution is 7.89. The van der Waals surface area contributed by atoms with E-state index < -0.39 is 10.0 Å². The molecule has 1 atom stereocenters. The number of rotatable bonds is 3. The first-order valence-corrected chi connectivity index (χ1v) is 9.31. The van der Waals surface area contributed by atoms with Crippen molar-refractivity contribution >= 4 is 15.9 Å². The summed E-state index contributed by atoms with van der Waals surface area (Å²) in [6.07, 6.45) is 2.16. The SMILES string of the molecule is CN(C)S(=O)(=O)c1ccc(C(=O)N2CCC3(CCNC3)C2)cc1. The molecule has 1 aromatic rings. The molecule has 7 heteroatoms. The Morgan fingerprint density at radius 1 is 1.22 bits per heavy atom. The van der Waals surface area contributed by atoms with E-state index in [0.717, 1.165) is 39.0 Å². The summed E-state index contributed by atoms with van der Waals surface area (Å²) in [5.41, 5.74) is 0.787. The molecule has 2 heterocycles. The lowest BCUT2D eigenvalue weighted by Crippen LogP contribution is -2.33. The molecule has 0 bridgehead atoms. The van der Waals surface area contributed by atoms with Crippen LogP contribution < -0.4 is 5.32 Å². The fourth-order valence-corrected chi connectivity index (χ4v) is 4.32. The molecule has 2 saturated heterocycles. The zero-order valence-electron chi connectivity index (χ0n) is 13.6. The van der Waals surface area contributed by atoms with Crippen LogP contribution in [0, 0.1) is 5.41 Å². The third kappa shape index (κ3) is 3.00. The molecule has 1 spiro atoms. The van der Waals surface area contributed by atoms with Gasteiger partial charge in [-0.25, -0.2) is 12.7 Å². The summed E-state index contributed by atoms with van der Waals surface area (Å²) in [5.74, 6) is -0.0115. The van der Waals surface area contributed by atoms with Crippen LogP contribution in [0.15, 0.2) is 29.2 Å². The Hall–Kier alpha value is -1.44. The largest absolute Gasteiger partial charge is 0.338 e. The summed E-state index contributed by atoms with van der Waals surface area (Å²) in [5, 5.41) is 3.38. The van der Waals surface area contributed by atoms with Gasteiger partial charge in [-0.3, -0.25) is 4.79 Å². The molecule has 0 radical (unpaired) electrons. The van der Waals surface area contributed by atoms with E-state index in [1.807, 2.05) is 4.90 Å². The molecule has 1 amide bonds. The fourth-order valence-electron chi connectivity index (χ4n) is 3.42.